The Bertz CT molecular complexity index is 2390. The van der Waals surface area contributed by atoms with E-state index in [2.05, 4.69) is 147 Å². The molecule has 0 saturated heterocycles. The summed E-state index contributed by atoms with van der Waals surface area (Å²) in [4.78, 5) is 0. The Morgan fingerprint density at radius 1 is 0.366 bits per heavy atom. The van der Waals surface area contributed by atoms with Gasteiger partial charge in [0.1, 0.15) is 0 Å². The molecule has 0 spiro atoms. The Morgan fingerprint density at radius 2 is 0.927 bits per heavy atom. The molecule has 0 nitrogen and oxygen atoms in total. The first kappa shape index (κ1) is 22.8. The average molecular weight is 521 g/mol. The molecule has 0 heteroatoms. The number of fused-ring (bicyclic) bond motifs is 9. The molecule has 0 aliphatic heterocycles. The average Bonchev–Trinajstić information content (AvgIpc) is 3.22. The minimum absolute atomic E-state index is 0.0516. The molecule has 0 saturated carbocycles. The van der Waals surface area contributed by atoms with Gasteiger partial charge in [0.15, 0.2) is 0 Å². The van der Waals surface area contributed by atoms with Crippen molar-refractivity contribution < 1.29 is 0 Å². The van der Waals surface area contributed by atoms with E-state index in [-0.39, 0.29) is 5.41 Å². The predicted octanol–water partition coefficient (Wildman–Crippen LogP) is 11.4. The van der Waals surface area contributed by atoms with Crippen LogP contribution < -0.4 is 0 Å². The van der Waals surface area contributed by atoms with Crippen LogP contribution in [0, 0.1) is 0 Å². The third kappa shape index (κ3) is 3.16. The molecule has 1 aliphatic carbocycles. The summed E-state index contributed by atoms with van der Waals surface area (Å²) in [5, 5.41) is 13.0. The summed E-state index contributed by atoms with van der Waals surface area (Å²) >= 11 is 0. The third-order valence-electron chi connectivity index (χ3n) is 9.56. The van der Waals surface area contributed by atoms with Gasteiger partial charge >= 0.3 is 0 Å². The first-order valence-electron chi connectivity index (χ1n) is 14.5. The molecule has 8 aromatic carbocycles. The fourth-order valence-electron chi connectivity index (χ4n) is 7.45. The maximum atomic E-state index is 2.46. The molecule has 0 aromatic heterocycles. The van der Waals surface area contributed by atoms with E-state index in [0.29, 0.717) is 0 Å². The van der Waals surface area contributed by atoms with Crippen LogP contribution in [0.3, 0.4) is 0 Å². The molecule has 0 amide bonds. The van der Waals surface area contributed by atoms with Gasteiger partial charge in [0.05, 0.1) is 0 Å². The van der Waals surface area contributed by atoms with Gasteiger partial charge in [-0.15, -0.1) is 0 Å². The number of rotatable bonds is 1. The summed E-state index contributed by atoms with van der Waals surface area (Å²) in [7, 11) is 0. The van der Waals surface area contributed by atoms with Crippen LogP contribution in [0.15, 0.2) is 133 Å². The van der Waals surface area contributed by atoms with Crippen molar-refractivity contribution in [3.63, 3.8) is 0 Å². The van der Waals surface area contributed by atoms with E-state index in [1.807, 2.05) is 0 Å². The van der Waals surface area contributed by atoms with E-state index < -0.39 is 0 Å². The lowest BCUT2D eigenvalue weighted by Crippen LogP contribution is -2.14. The largest absolute Gasteiger partial charge is 0.0616 e. The quantitative estimate of drug-likeness (QED) is 0.149. The minimum atomic E-state index is -0.0516. The minimum Gasteiger partial charge on any atom is -0.0616 e. The fraction of sp³-hybridized carbons (Fsp3) is 0.0732. The standard InChI is InChI=1S/C41H28/c1-41(2)38-23-27-11-4-3-10-26(27)20-36(38)37-21-28-15-16-30(19-31(28)24-39(37)41)40-33-14-8-6-12-29(33)22-35-32-13-7-5-9-25(32)17-18-34(35)40/h3-24H,1-2H3. The highest BCUT2D eigenvalue weighted by Crippen LogP contribution is 2.51. The second-order valence-corrected chi connectivity index (χ2v) is 12.2. The van der Waals surface area contributed by atoms with Crippen LogP contribution in [0.2, 0.25) is 0 Å². The molecule has 0 unspecified atom stereocenters. The Labute approximate surface area is 239 Å². The molecule has 0 fully saturated rings. The van der Waals surface area contributed by atoms with Crippen LogP contribution in [0.4, 0.5) is 0 Å². The van der Waals surface area contributed by atoms with Gasteiger partial charge < -0.3 is 0 Å². The van der Waals surface area contributed by atoms with Crippen molar-refractivity contribution in [1.82, 2.24) is 0 Å². The lowest BCUT2D eigenvalue weighted by atomic mass is 9.81. The van der Waals surface area contributed by atoms with Gasteiger partial charge in [-0.1, -0.05) is 111 Å². The second-order valence-electron chi connectivity index (χ2n) is 12.2. The first-order chi connectivity index (χ1) is 20.1. The zero-order valence-electron chi connectivity index (χ0n) is 23.2. The Hall–Kier alpha value is -4.94. The van der Waals surface area contributed by atoms with Crippen LogP contribution in [0.25, 0.3) is 76.1 Å². The molecule has 9 rings (SSSR count). The van der Waals surface area contributed by atoms with Gasteiger partial charge in [-0.3, -0.25) is 0 Å². The van der Waals surface area contributed by atoms with Crippen molar-refractivity contribution in [3.8, 4) is 22.3 Å². The van der Waals surface area contributed by atoms with Crippen LogP contribution in [-0.4, -0.2) is 0 Å². The molecule has 1 aliphatic rings. The van der Waals surface area contributed by atoms with Crippen LogP contribution >= 0.6 is 0 Å². The van der Waals surface area contributed by atoms with Gasteiger partial charge in [-0.2, -0.15) is 0 Å². The van der Waals surface area contributed by atoms with E-state index in [1.54, 1.807) is 0 Å². The molecule has 192 valence electrons. The maximum absolute atomic E-state index is 2.46. The molecule has 0 N–H and O–H groups in total. The van der Waals surface area contributed by atoms with E-state index in [0.717, 1.165) is 0 Å². The highest BCUT2D eigenvalue weighted by atomic mass is 14.4. The smallest absolute Gasteiger partial charge is 0.0159 e. The summed E-state index contributed by atoms with van der Waals surface area (Å²) in [6.45, 7) is 4.76. The lowest BCUT2D eigenvalue weighted by Gasteiger charge is -2.22. The summed E-state index contributed by atoms with van der Waals surface area (Å²) in [5.74, 6) is 0. The van der Waals surface area contributed by atoms with Crippen molar-refractivity contribution in [2.45, 2.75) is 19.3 Å². The zero-order valence-corrected chi connectivity index (χ0v) is 23.2. The summed E-state index contributed by atoms with van der Waals surface area (Å²) < 4.78 is 0. The van der Waals surface area contributed by atoms with E-state index in [4.69, 9.17) is 0 Å². The van der Waals surface area contributed by atoms with Gasteiger partial charge in [-0.05, 0) is 124 Å². The topological polar surface area (TPSA) is 0 Å². The molecule has 0 atom stereocenters. The molecular weight excluding hydrogens is 492 g/mol. The van der Waals surface area contributed by atoms with Crippen molar-refractivity contribution in [2.75, 3.05) is 0 Å². The van der Waals surface area contributed by atoms with Crippen LogP contribution in [0.5, 0.6) is 0 Å². The highest BCUT2D eigenvalue weighted by molar-refractivity contribution is 6.20. The fourth-order valence-corrected chi connectivity index (χ4v) is 7.45. The predicted molar refractivity (Wildman–Crippen MR) is 177 cm³/mol. The number of benzene rings is 8. The Balaban J connectivity index is 1.31. The SMILES string of the molecule is CC1(C)c2cc3ccccc3cc2-c2cc3ccc(-c4c5ccccc5cc5c4ccc4ccccc45)cc3cc21. The van der Waals surface area contributed by atoms with E-state index in [9.17, 15) is 0 Å². The summed E-state index contributed by atoms with van der Waals surface area (Å²) in [6, 6.07) is 50.0. The molecular formula is C41H28. The monoisotopic (exact) mass is 520 g/mol. The summed E-state index contributed by atoms with van der Waals surface area (Å²) in [5.41, 5.74) is 8.13. The highest BCUT2D eigenvalue weighted by Gasteiger charge is 2.36. The maximum Gasteiger partial charge on any atom is 0.0159 e. The first-order valence-corrected chi connectivity index (χ1v) is 14.5. The Kier molecular flexibility index (Phi) is 4.49. The van der Waals surface area contributed by atoms with Crippen molar-refractivity contribution >= 4 is 53.9 Å². The molecule has 0 heterocycles. The zero-order chi connectivity index (χ0) is 27.3. The molecule has 0 bridgehead atoms. The van der Waals surface area contributed by atoms with E-state index >= 15 is 0 Å². The van der Waals surface area contributed by atoms with Crippen molar-refractivity contribution in [1.29, 1.82) is 0 Å². The van der Waals surface area contributed by atoms with Gasteiger partial charge in [0, 0.05) is 5.41 Å². The molecule has 0 radical (unpaired) electrons. The van der Waals surface area contributed by atoms with Crippen LogP contribution in [0.1, 0.15) is 25.0 Å². The molecule has 41 heavy (non-hydrogen) atoms. The van der Waals surface area contributed by atoms with Gasteiger partial charge in [0.25, 0.3) is 0 Å². The van der Waals surface area contributed by atoms with Gasteiger partial charge in [0.2, 0.25) is 0 Å². The van der Waals surface area contributed by atoms with Crippen LogP contribution in [-0.2, 0) is 5.41 Å². The lowest BCUT2D eigenvalue weighted by molar-refractivity contribution is 0.662. The Morgan fingerprint density at radius 3 is 1.68 bits per heavy atom. The summed E-state index contributed by atoms with van der Waals surface area (Å²) in [6.07, 6.45) is 0. The number of hydrogen-bond donors (Lipinski definition) is 0. The normalized spacial score (nSPS) is 13.8. The second kappa shape index (κ2) is 8.05. The van der Waals surface area contributed by atoms with Gasteiger partial charge in [-0.25, -0.2) is 0 Å². The number of hydrogen-bond acceptors (Lipinski definition) is 0. The van der Waals surface area contributed by atoms with Crippen molar-refractivity contribution in [3.05, 3.63) is 145 Å². The van der Waals surface area contributed by atoms with E-state index in [1.165, 1.54) is 87.2 Å². The third-order valence-corrected chi connectivity index (χ3v) is 9.56. The molecule has 8 aromatic rings. The van der Waals surface area contributed by atoms with Crippen molar-refractivity contribution in [2.24, 2.45) is 0 Å².